The lowest BCUT2D eigenvalue weighted by Gasteiger charge is -2.31. The van der Waals surface area contributed by atoms with Crippen LogP contribution in [0.5, 0.6) is 5.75 Å². The van der Waals surface area contributed by atoms with E-state index in [4.69, 9.17) is 9.84 Å². The number of aryl methyl sites for hydroxylation is 1. The number of halogens is 1. The van der Waals surface area contributed by atoms with Crippen LogP contribution in [0.4, 0.5) is 9.18 Å². The van der Waals surface area contributed by atoms with Crippen molar-refractivity contribution < 1.29 is 13.9 Å². The number of carbonyl (C=O) groups is 1. The summed E-state index contributed by atoms with van der Waals surface area (Å²) in [6.45, 7) is 2.69. The molecule has 2 amide bonds. The maximum absolute atomic E-state index is 14.5. The van der Waals surface area contributed by atoms with E-state index in [1.165, 1.54) is 12.1 Å². The summed E-state index contributed by atoms with van der Waals surface area (Å²) < 4.78 is 23.9. The Labute approximate surface area is 232 Å². The summed E-state index contributed by atoms with van der Waals surface area (Å²) in [5.41, 5.74) is 5.25. The highest BCUT2D eigenvalue weighted by molar-refractivity contribution is 5.76. The number of amides is 2. The van der Waals surface area contributed by atoms with Crippen molar-refractivity contribution >= 4 is 6.03 Å². The van der Waals surface area contributed by atoms with Crippen molar-refractivity contribution in [2.75, 3.05) is 7.11 Å². The fourth-order valence-corrected chi connectivity index (χ4v) is 5.44. The van der Waals surface area contributed by atoms with Crippen LogP contribution >= 0.6 is 0 Å². The Bertz CT molecular complexity index is 1660. The van der Waals surface area contributed by atoms with Crippen molar-refractivity contribution in [1.82, 2.24) is 24.6 Å². The summed E-state index contributed by atoms with van der Waals surface area (Å²) in [4.78, 5) is 15.8. The van der Waals surface area contributed by atoms with Gasteiger partial charge in [-0.15, -0.1) is 0 Å². The van der Waals surface area contributed by atoms with Crippen molar-refractivity contribution in [3.8, 4) is 17.3 Å². The second-order valence-corrected chi connectivity index (χ2v) is 9.75. The molecule has 0 saturated heterocycles. The Kier molecular flexibility index (Phi) is 6.82. The average Bonchev–Trinajstić information content (AvgIpc) is 3.57. The highest BCUT2D eigenvalue weighted by Crippen LogP contribution is 2.38. The third-order valence-electron chi connectivity index (χ3n) is 7.31. The molecular weight excluding hydrogens is 505 g/mol. The number of aromatic nitrogens is 3. The number of carbonyl (C=O) groups excluding carboxylic acids is 1. The Balaban J connectivity index is 1.48. The van der Waals surface area contributed by atoms with E-state index in [9.17, 15) is 9.18 Å². The molecule has 0 fully saturated rings. The van der Waals surface area contributed by atoms with Gasteiger partial charge >= 0.3 is 6.03 Å². The van der Waals surface area contributed by atoms with E-state index in [1.807, 2.05) is 83.7 Å². The molecule has 0 saturated carbocycles. The molecule has 5 aromatic rings. The summed E-state index contributed by atoms with van der Waals surface area (Å²) in [7, 11) is 1.62. The fourth-order valence-electron chi connectivity index (χ4n) is 5.44. The number of nitrogens with zero attached hydrogens (tertiary/aromatic N) is 4. The van der Waals surface area contributed by atoms with Crippen LogP contribution in [0.2, 0.25) is 0 Å². The molecule has 0 bridgehead atoms. The molecule has 8 heteroatoms. The second-order valence-electron chi connectivity index (χ2n) is 9.75. The SMILES string of the molecule is CCc1nn(-c2ccccc2)c2c1CN(C(=O)NCc1cccc(OC)c1)[C@@H](c1cccc(F)c1)c1cccn1-2. The average molecular weight is 536 g/mol. The third-order valence-corrected chi connectivity index (χ3v) is 7.31. The molecule has 1 aliphatic rings. The zero-order valence-electron chi connectivity index (χ0n) is 22.4. The van der Waals surface area contributed by atoms with E-state index in [-0.39, 0.29) is 11.8 Å². The van der Waals surface area contributed by atoms with Crippen molar-refractivity contribution in [1.29, 1.82) is 0 Å². The van der Waals surface area contributed by atoms with Gasteiger partial charge in [0.1, 0.15) is 17.4 Å². The Morgan fingerprint density at radius 2 is 1.85 bits per heavy atom. The number of benzene rings is 3. The number of fused-ring (bicyclic) bond motifs is 3. The molecule has 2 aromatic heterocycles. The van der Waals surface area contributed by atoms with Gasteiger partial charge in [0.2, 0.25) is 0 Å². The monoisotopic (exact) mass is 535 g/mol. The first-order valence-corrected chi connectivity index (χ1v) is 13.3. The first kappa shape index (κ1) is 25.4. The zero-order valence-corrected chi connectivity index (χ0v) is 22.4. The van der Waals surface area contributed by atoms with E-state index in [1.54, 1.807) is 18.1 Å². The highest BCUT2D eigenvalue weighted by atomic mass is 19.1. The molecular formula is C32H30FN5O2. The van der Waals surface area contributed by atoms with Crippen LogP contribution in [0.3, 0.4) is 0 Å². The van der Waals surface area contributed by atoms with Gasteiger partial charge < -0.3 is 19.5 Å². The lowest BCUT2D eigenvalue weighted by Crippen LogP contribution is -2.41. The molecule has 1 N–H and O–H groups in total. The Morgan fingerprint density at radius 3 is 2.62 bits per heavy atom. The van der Waals surface area contributed by atoms with Gasteiger partial charge in [-0.3, -0.25) is 0 Å². The van der Waals surface area contributed by atoms with Gasteiger partial charge in [-0.25, -0.2) is 13.9 Å². The standard InChI is InChI=1S/C32H30FN5O2/c1-3-28-27-21-37(32(39)34-20-22-10-7-15-26(18-22)40-2)30(23-11-8-12-24(33)19-23)29-16-9-17-36(29)31(27)38(35-28)25-13-5-4-6-14-25/h4-19,30H,3,20-21H2,1-2H3,(H,34,39)/t30-/m0/s1. The molecule has 1 atom stereocenters. The van der Waals surface area contributed by atoms with E-state index < -0.39 is 6.04 Å². The number of urea groups is 1. The van der Waals surface area contributed by atoms with Crippen molar-refractivity contribution in [2.45, 2.75) is 32.5 Å². The molecule has 3 aromatic carbocycles. The molecule has 0 spiro atoms. The normalized spacial score (nSPS) is 14.3. The van der Waals surface area contributed by atoms with Gasteiger partial charge in [-0.1, -0.05) is 49.4 Å². The van der Waals surface area contributed by atoms with Crippen molar-refractivity contribution in [3.05, 3.63) is 131 Å². The Morgan fingerprint density at radius 1 is 1.02 bits per heavy atom. The van der Waals surface area contributed by atoms with Gasteiger partial charge in [0.25, 0.3) is 0 Å². The fraction of sp³-hybridized carbons (Fsp3) is 0.188. The van der Waals surface area contributed by atoms with Crippen molar-refractivity contribution in [3.63, 3.8) is 0 Å². The molecule has 1 aliphatic heterocycles. The van der Waals surface area contributed by atoms with Crippen LogP contribution in [0.1, 0.15) is 41.0 Å². The Hall–Kier alpha value is -4.85. The molecule has 0 radical (unpaired) electrons. The van der Waals surface area contributed by atoms with Crippen LogP contribution < -0.4 is 10.1 Å². The highest BCUT2D eigenvalue weighted by Gasteiger charge is 2.36. The molecule has 202 valence electrons. The minimum absolute atomic E-state index is 0.257. The van der Waals surface area contributed by atoms with Crippen LogP contribution in [0.25, 0.3) is 11.5 Å². The molecule has 0 aliphatic carbocycles. The maximum atomic E-state index is 14.5. The molecule has 6 rings (SSSR count). The number of hydrogen-bond acceptors (Lipinski definition) is 3. The molecule has 3 heterocycles. The predicted molar refractivity (Wildman–Crippen MR) is 151 cm³/mol. The zero-order chi connectivity index (χ0) is 27.6. The van der Waals surface area contributed by atoms with Crippen LogP contribution in [-0.2, 0) is 19.5 Å². The van der Waals surface area contributed by atoms with Gasteiger partial charge in [-0.05, 0) is 66.1 Å². The lowest BCUT2D eigenvalue weighted by molar-refractivity contribution is 0.180. The van der Waals surface area contributed by atoms with Gasteiger partial charge in [0, 0.05) is 18.3 Å². The third kappa shape index (κ3) is 4.62. The summed E-state index contributed by atoms with van der Waals surface area (Å²) >= 11 is 0. The van der Waals surface area contributed by atoms with Gasteiger partial charge in [0.15, 0.2) is 0 Å². The quantitative estimate of drug-likeness (QED) is 0.282. The smallest absolute Gasteiger partial charge is 0.318 e. The predicted octanol–water partition coefficient (Wildman–Crippen LogP) is 6.19. The second kappa shape index (κ2) is 10.7. The lowest BCUT2D eigenvalue weighted by atomic mass is 10.0. The summed E-state index contributed by atoms with van der Waals surface area (Å²) in [5.74, 6) is 1.26. The molecule has 40 heavy (non-hydrogen) atoms. The number of nitrogens with one attached hydrogen (secondary N) is 1. The van der Waals surface area contributed by atoms with Crippen LogP contribution in [0.15, 0.2) is 97.2 Å². The van der Waals surface area contributed by atoms with Crippen LogP contribution in [0, 0.1) is 5.82 Å². The number of methoxy groups -OCH3 is 1. The number of hydrogen-bond donors (Lipinski definition) is 1. The summed E-state index contributed by atoms with van der Waals surface area (Å²) in [6, 6.07) is 27.2. The number of para-hydroxylation sites is 1. The first-order valence-electron chi connectivity index (χ1n) is 13.3. The van der Waals surface area contributed by atoms with Crippen molar-refractivity contribution in [2.24, 2.45) is 0 Å². The van der Waals surface area contributed by atoms with E-state index in [0.29, 0.717) is 25.1 Å². The molecule has 7 nitrogen and oxygen atoms in total. The first-order chi connectivity index (χ1) is 19.6. The molecule has 0 unspecified atom stereocenters. The maximum Gasteiger partial charge on any atom is 0.318 e. The van der Waals surface area contributed by atoms with E-state index in [2.05, 4.69) is 16.8 Å². The number of rotatable bonds is 6. The van der Waals surface area contributed by atoms with Gasteiger partial charge in [0.05, 0.1) is 36.8 Å². The largest absolute Gasteiger partial charge is 0.497 e. The topological polar surface area (TPSA) is 64.3 Å². The van der Waals surface area contributed by atoms with Gasteiger partial charge in [-0.2, -0.15) is 5.10 Å². The van der Waals surface area contributed by atoms with Crippen LogP contribution in [-0.4, -0.2) is 32.4 Å². The van der Waals surface area contributed by atoms with E-state index in [0.717, 1.165) is 39.8 Å². The summed E-state index contributed by atoms with van der Waals surface area (Å²) in [6.07, 6.45) is 2.68. The van der Waals surface area contributed by atoms with E-state index >= 15 is 0 Å². The minimum Gasteiger partial charge on any atom is -0.497 e. The minimum atomic E-state index is -0.530. The summed E-state index contributed by atoms with van der Waals surface area (Å²) in [5, 5.41) is 8.08. The number of ether oxygens (including phenoxy) is 1.